The van der Waals surface area contributed by atoms with Gasteiger partial charge in [-0.3, -0.25) is 4.72 Å². The van der Waals surface area contributed by atoms with Crippen LogP contribution >= 0.6 is 0 Å². The Morgan fingerprint density at radius 1 is 0.926 bits per heavy atom. The Kier molecular flexibility index (Phi) is 5.32. The molecule has 0 atom stereocenters. The average Bonchev–Trinajstić information content (AvgIpc) is 2.65. The largest absolute Gasteiger partial charge is 0.495 e. The molecule has 0 saturated heterocycles. The van der Waals surface area contributed by atoms with Crippen molar-refractivity contribution in [1.29, 1.82) is 0 Å². The maximum Gasteiger partial charge on any atom is 0.261 e. The minimum atomic E-state index is -3.79. The third kappa shape index (κ3) is 4.38. The Morgan fingerprint density at radius 3 is 2.26 bits per heavy atom. The molecule has 0 spiro atoms. The van der Waals surface area contributed by atoms with Gasteiger partial charge in [0, 0.05) is 11.4 Å². The number of ether oxygens (including phenoxy) is 1. The highest BCUT2D eigenvalue weighted by Crippen LogP contribution is 2.28. The Labute approximate surface area is 157 Å². The number of anilines is 3. The third-order valence-corrected chi connectivity index (χ3v) is 5.34. The quantitative estimate of drug-likeness (QED) is 0.645. The summed E-state index contributed by atoms with van der Waals surface area (Å²) < 4.78 is 46.1. The van der Waals surface area contributed by atoms with Crippen molar-refractivity contribution >= 4 is 27.1 Å². The van der Waals surface area contributed by atoms with E-state index in [2.05, 4.69) is 10.0 Å². The van der Waals surface area contributed by atoms with Crippen LogP contribution in [0.2, 0.25) is 0 Å². The van der Waals surface area contributed by atoms with Gasteiger partial charge in [-0.05, 0) is 67.1 Å². The number of methoxy groups -OCH3 is 1. The predicted molar refractivity (Wildman–Crippen MR) is 105 cm³/mol. The number of aryl methyl sites for hydroxylation is 1. The molecular weight excluding hydrogens is 367 g/mol. The topological polar surface area (TPSA) is 67.4 Å². The van der Waals surface area contributed by atoms with Crippen molar-refractivity contribution in [2.45, 2.75) is 11.8 Å². The second-order valence-electron chi connectivity index (χ2n) is 5.92. The maximum atomic E-state index is 13.4. The lowest BCUT2D eigenvalue weighted by molar-refractivity contribution is 0.417. The number of halogens is 1. The van der Waals surface area contributed by atoms with E-state index in [1.165, 1.54) is 19.1 Å². The Morgan fingerprint density at radius 2 is 1.59 bits per heavy atom. The van der Waals surface area contributed by atoms with Crippen LogP contribution in [0.25, 0.3) is 0 Å². The number of sulfonamides is 1. The van der Waals surface area contributed by atoms with Gasteiger partial charge in [0.25, 0.3) is 10.0 Å². The van der Waals surface area contributed by atoms with Crippen LogP contribution in [0.1, 0.15) is 5.56 Å². The molecule has 2 N–H and O–H groups in total. The van der Waals surface area contributed by atoms with E-state index in [9.17, 15) is 12.8 Å². The van der Waals surface area contributed by atoms with Crippen LogP contribution in [0.4, 0.5) is 21.5 Å². The summed E-state index contributed by atoms with van der Waals surface area (Å²) in [5, 5.41) is 3.21. The van der Waals surface area contributed by atoms with Crippen molar-refractivity contribution in [2.24, 2.45) is 0 Å². The Bertz CT molecular complexity index is 1050. The van der Waals surface area contributed by atoms with Gasteiger partial charge in [0.05, 0.1) is 17.7 Å². The van der Waals surface area contributed by atoms with E-state index in [4.69, 9.17) is 4.74 Å². The lowest BCUT2D eigenvalue weighted by Gasteiger charge is -2.12. The predicted octanol–water partition coefficient (Wildman–Crippen LogP) is 4.69. The molecule has 0 saturated carbocycles. The highest BCUT2D eigenvalue weighted by atomic mass is 32.2. The van der Waals surface area contributed by atoms with Gasteiger partial charge in [0.2, 0.25) is 0 Å². The molecule has 0 unspecified atom stereocenters. The van der Waals surface area contributed by atoms with Crippen molar-refractivity contribution < 1.29 is 17.5 Å². The van der Waals surface area contributed by atoms with Crippen molar-refractivity contribution in [3.05, 3.63) is 78.1 Å². The summed E-state index contributed by atoms with van der Waals surface area (Å²) in [7, 11) is -2.20. The van der Waals surface area contributed by atoms with E-state index >= 15 is 0 Å². The van der Waals surface area contributed by atoms with E-state index < -0.39 is 15.8 Å². The fourth-order valence-electron chi connectivity index (χ4n) is 2.52. The molecular formula is C20H19FN2O3S. The molecule has 140 valence electrons. The highest BCUT2D eigenvalue weighted by molar-refractivity contribution is 7.92. The summed E-state index contributed by atoms with van der Waals surface area (Å²) in [5.74, 6) is 0.259. The molecule has 0 amide bonds. The standard InChI is InChI=1S/C20H19FN2O3S/c1-14-13-17(11-12-18(14)21)27(24,25)23-16-9-7-15(8-10-16)22-19-5-3-4-6-20(19)26-2/h3-13,22-23H,1-2H3. The Balaban J connectivity index is 1.76. The van der Waals surface area contributed by atoms with Gasteiger partial charge in [-0.2, -0.15) is 0 Å². The molecule has 0 aromatic heterocycles. The van der Waals surface area contributed by atoms with Gasteiger partial charge >= 0.3 is 0 Å². The number of nitrogens with one attached hydrogen (secondary N) is 2. The lowest BCUT2D eigenvalue weighted by Crippen LogP contribution is -2.13. The highest BCUT2D eigenvalue weighted by Gasteiger charge is 2.15. The van der Waals surface area contributed by atoms with Crippen molar-refractivity contribution in [2.75, 3.05) is 17.1 Å². The van der Waals surface area contributed by atoms with Gasteiger partial charge in [0.1, 0.15) is 11.6 Å². The summed E-state index contributed by atoms with van der Waals surface area (Å²) in [4.78, 5) is 0.0117. The SMILES string of the molecule is COc1ccccc1Nc1ccc(NS(=O)(=O)c2ccc(F)c(C)c2)cc1. The molecule has 0 aliphatic rings. The van der Waals surface area contributed by atoms with E-state index in [0.29, 0.717) is 11.4 Å². The van der Waals surface area contributed by atoms with Crippen LogP contribution in [-0.4, -0.2) is 15.5 Å². The molecule has 0 radical (unpaired) electrons. The first kappa shape index (κ1) is 18.7. The van der Waals surface area contributed by atoms with Crippen LogP contribution in [0, 0.1) is 12.7 Å². The minimum absolute atomic E-state index is 0.0117. The number of para-hydroxylation sites is 2. The zero-order chi connectivity index (χ0) is 19.4. The molecule has 3 rings (SSSR count). The zero-order valence-electron chi connectivity index (χ0n) is 14.9. The van der Waals surface area contributed by atoms with Crippen LogP contribution in [0.5, 0.6) is 5.75 Å². The van der Waals surface area contributed by atoms with Crippen molar-refractivity contribution in [3.63, 3.8) is 0 Å². The van der Waals surface area contributed by atoms with Crippen molar-refractivity contribution in [1.82, 2.24) is 0 Å². The summed E-state index contributed by atoms with van der Waals surface area (Å²) >= 11 is 0. The number of hydrogen-bond acceptors (Lipinski definition) is 4. The zero-order valence-corrected chi connectivity index (χ0v) is 15.7. The van der Waals surface area contributed by atoms with Gasteiger partial charge < -0.3 is 10.1 Å². The number of hydrogen-bond donors (Lipinski definition) is 2. The van der Waals surface area contributed by atoms with E-state index in [1.807, 2.05) is 24.3 Å². The lowest BCUT2D eigenvalue weighted by atomic mass is 10.2. The van der Waals surface area contributed by atoms with Gasteiger partial charge in [0.15, 0.2) is 0 Å². The van der Waals surface area contributed by atoms with Gasteiger partial charge in [-0.15, -0.1) is 0 Å². The summed E-state index contributed by atoms with van der Waals surface area (Å²) in [6.45, 7) is 1.52. The van der Waals surface area contributed by atoms with Gasteiger partial charge in [-0.1, -0.05) is 12.1 Å². The van der Waals surface area contributed by atoms with Crippen LogP contribution in [0.15, 0.2) is 71.6 Å². The average molecular weight is 386 g/mol. The molecule has 0 aliphatic heterocycles. The van der Waals surface area contributed by atoms with Crippen LogP contribution < -0.4 is 14.8 Å². The molecule has 0 fully saturated rings. The normalized spacial score (nSPS) is 11.1. The first-order valence-electron chi connectivity index (χ1n) is 8.18. The summed E-state index contributed by atoms with van der Waals surface area (Å²) in [6.07, 6.45) is 0. The summed E-state index contributed by atoms with van der Waals surface area (Å²) in [6, 6.07) is 18.0. The third-order valence-electron chi connectivity index (χ3n) is 3.96. The minimum Gasteiger partial charge on any atom is -0.495 e. The van der Waals surface area contributed by atoms with E-state index in [1.54, 1.807) is 31.4 Å². The number of rotatable bonds is 6. The van der Waals surface area contributed by atoms with Gasteiger partial charge in [-0.25, -0.2) is 12.8 Å². The fourth-order valence-corrected chi connectivity index (χ4v) is 3.67. The van der Waals surface area contributed by atoms with Crippen LogP contribution in [0.3, 0.4) is 0 Å². The first-order valence-corrected chi connectivity index (χ1v) is 9.66. The smallest absolute Gasteiger partial charge is 0.261 e. The molecule has 0 bridgehead atoms. The number of benzene rings is 3. The molecule has 7 heteroatoms. The summed E-state index contributed by atoms with van der Waals surface area (Å²) in [5.41, 5.74) is 2.26. The molecule has 27 heavy (non-hydrogen) atoms. The monoisotopic (exact) mass is 386 g/mol. The molecule has 3 aromatic rings. The first-order chi connectivity index (χ1) is 12.9. The van der Waals surface area contributed by atoms with Crippen molar-refractivity contribution in [3.8, 4) is 5.75 Å². The second-order valence-corrected chi connectivity index (χ2v) is 7.60. The molecule has 0 heterocycles. The molecule has 5 nitrogen and oxygen atoms in total. The maximum absolute atomic E-state index is 13.4. The fraction of sp³-hybridized carbons (Fsp3) is 0.100. The van der Waals surface area contributed by atoms with Crippen LogP contribution in [-0.2, 0) is 10.0 Å². The molecule has 0 aliphatic carbocycles. The second kappa shape index (κ2) is 7.67. The van der Waals surface area contributed by atoms with E-state index in [-0.39, 0.29) is 10.5 Å². The Hall–Kier alpha value is -3.06. The van der Waals surface area contributed by atoms with E-state index in [0.717, 1.165) is 17.4 Å². The molecule has 3 aromatic carbocycles.